The zero-order valence-corrected chi connectivity index (χ0v) is 34.7. The van der Waals surface area contributed by atoms with Gasteiger partial charge in [-0.15, -0.1) is 11.3 Å². The molecule has 0 radical (unpaired) electrons. The third-order valence-corrected chi connectivity index (χ3v) is 13.6. The van der Waals surface area contributed by atoms with Crippen LogP contribution >= 0.6 is 11.3 Å². The number of hydrogen-bond acceptors (Lipinski definition) is 4. The van der Waals surface area contributed by atoms with Crippen molar-refractivity contribution in [3.05, 3.63) is 212 Å². The van der Waals surface area contributed by atoms with Gasteiger partial charge in [0.15, 0.2) is 11.6 Å². The van der Waals surface area contributed by atoms with Gasteiger partial charge in [0.05, 0.1) is 27.8 Å². The van der Waals surface area contributed by atoms with Gasteiger partial charge in [0.25, 0.3) is 0 Å². The molecule has 0 aliphatic rings. The Hall–Kier alpha value is -8.19. The van der Waals surface area contributed by atoms with Gasteiger partial charge in [-0.1, -0.05) is 170 Å². The molecule has 0 saturated heterocycles. The van der Waals surface area contributed by atoms with E-state index in [-0.39, 0.29) is 0 Å². The lowest BCUT2D eigenvalue weighted by molar-refractivity contribution is 0.953. The zero-order valence-electron chi connectivity index (χ0n) is 33.9. The lowest BCUT2D eigenvalue weighted by Gasteiger charge is -2.16. The average molecular weight is 822 g/mol. The minimum atomic E-state index is 0.567. The molecule has 294 valence electrons. The van der Waals surface area contributed by atoms with Crippen molar-refractivity contribution in [1.29, 1.82) is 0 Å². The summed E-state index contributed by atoms with van der Waals surface area (Å²) in [7, 11) is 0. The van der Waals surface area contributed by atoms with Crippen LogP contribution in [-0.2, 0) is 0 Å². The monoisotopic (exact) mass is 821 g/mol. The van der Waals surface area contributed by atoms with Crippen LogP contribution in [0.15, 0.2) is 212 Å². The van der Waals surface area contributed by atoms with Gasteiger partial charge < -0.3 is 4.57 Å². The summed E-state index contributed by atoms with van der Waals surface area (Å²) < 4.78 is 7.16. The van der Waals surface area contributed by atoms with Gasteiger partial charge in [-0.3, -0.25) is 4.57 Å². The summed E-state index contributed by atoms with van der Waals surface area (Å²) in [6, 6.07) is 75.6. The van der Waals surface area contributed by atoms with Gasteiger partial charge in [0, 0.05) is 58.4 Å². The zero-order chi connectivity index (χ0) is 41.4. The Balaban J connectivity index is 1.02. The number of thiophene rings is 1. The molecule has 13 rings (SSSR count). The Morgan fingerprint density at radius 3 is 1.41 bits per heavy atom. The summed E-state index contributed by atoms with van der Waals surface area (Å²) in [4.78, 5) is 16.0. The average Bonchev–Trinajstić information content (AvgIpc) is 4.01. The number of fused-ring (bicyclic) bond motifs is 9. The van der Waals surface area contributed by atoms with Crippen molar-refractivity contribution in [2.75, 3.05) is 0 Å². The van der Waals surface area contributed by atoms with Crippen LogP contribution in [0.5, 0.6) is 0 Å². The minimum Gasteiger partial charge on any atom is -0.309 e. The predicted molar refractivity (Wildman–Crippen MR) is 263 cm³/mol. The van der Waals surface area contributed by atoms with Crippen molar-refractivity contribution in [3.8, 4) is 56.7 Å². The smallest absolute Gasteiger partial charge is 0.238 e. The molecule has 9 aromatic carbocycles. The quantitative estimate of drug-likeness (QED) is 0.168. The second-order valence-electron chi connectivity index (χ2n) is 16.0. The Morgan fingerprint density at radius 2 is 0.778 bits per heavy atom. The molecule has 0 unspecified atom stereocenters. The molecular weight excluding hydrogens is 787 g/mol. The second-order valence-corrected chi connectivity index (χ2v) is 17.1. The fourth-order valence-corrected chi connectivity index (χ4v) is 10.6. The highest BCUT2D eigenvalue weighted by molar-refractivity contribution is 7.25. The normalized spacial score (nSPS) is 11.8. The van der Waals surface area contributed by atoms with E-state index in [1.807, 2.05) is 11.3 Å². The van der Waals surface area contributed by atoms with E-state index in [1.165, 1.54) is 36.5 Å². The summed E-state index contributed by atoms with van der Waals surface area (Å²) in [6.07, 6.45) is 0. The SMILES string of the molecule is c1ccc(-c2ccc(-c3nc(-c4ccc(-c5ccc6c(c5)sc5ccccc56)cc4)nc(-n4c5ccccc5c5ccccc54)n3)cc2-n2c3ccccc3c3ccccc32)cc1. The van der Waals surface area contributed by atoms with Crippen LogP contribution in [0.2, 0.25) is 0 Å². The van der Waals surface area contributed by atoms with Crippen LogP contribution in [0.4, 0.5) is 0 Å². The number of benzene rings is 9. The van der Waals surface area contributed by atoms with Crippen LogP contribution in [0, 0.1) is 0 Å². The van der Waals surface area contributed by atoms with Crippen molar-refractivity contribution in [1.82, 2.24) is 24.1 Å². The molecule has 5 nitrogen and oxygen atoms in total. The summed E-state index contributed by atoms with van der Waals surface area (Å²) in [5.41, 5.74) is 11.8. The maximum atomic E-state index is 5.37. The molecule has 4 heterocycles. The minimum absolute atomic E-state index is 0.567. The third-order valence-electron chi connectivity index (χ3n) is 12.4. The van der Waals surface area contributed by atoms with Crippen LogP contribution in [0.3, 0.4) is 0 Å². The highest BCUT2D eigenvalue weighted by Gasteiger charge is 2.21. The number of para-hydroxylation sites is 4. The number of aromatic nitrogens is 5. The van der Waals surface area contributed by atoms with E-state index in [1.54, 1.807) is 0 Å². The summed E-state index contributed by atoms with van der Waals surface area (Å²) in [6.45, 7) is 0. The summed E-state index contributed by atoms with van der Waals surface area (Å²) in [5, 5.41) is 7.32. The molecule has 63 heavy (non-hydrogen) atoms. The molecule has 4 aromatic heterocycles. The van der Waals surface area contributed by atoms with E-state index in [9.17, 15) is 0 Å². The van der Waals surface area contributed by atoms with E-state index >= 15 is 0 Å². The lowest BCUT2D eigenvalue weighted by Crippen LogP contribution is -2.07. The number of nitrogens with zero attached hydrogens (tertiary/aromatic N) is 5. The summed E-state index contributed by atoms with van der Waals surface area (Å²) in [5.74, 6) is 1.77. The van der Waals surface area contributed by atoms with Crippen molar-refractivity contribution >= 4 is 75.1 Å². The van der Waals surface area contributed by atoms with Crippen molar-refractivity contribution < 1.29 is 0 Å². The first-order valence-electron chi connectivity index (χ1n) is 21.2. The first kappa shape index (κ1) is 35.6. The molecule has 0 fully saturated rings. The first-order valence-corrected chi connectivity index (χ1v) is 22.0. The van der Waals surface area contributed by atoms with Crippen LogP contribution in [0.25, 0.3) is 120 Å². The Bertz CT molecular complexity index is 3810. The second kappa shape index (κ2) is 14.2. The van der Waals surface area contributed by atoms with Gasteiger partial charge in [-0.05, 0) is 59.2 Å². The molecule has 13 aromatic rings. The van der Waals surface area contributed by atoms with Crippen molar-refractivity contribution in [3.63, 3.8) is 0 Å². The highest BCUT2D eigenvalue weighted by Crippen LogP contribution is 2.40. The third kappa shape index (κ3) is 5.73. The van der Waals surface area contributed by atoms with Crippen LogP contribution in [-0.4, -0.2) is 24.1 Å². The molecule has 0 spiro atoms. The van der Waals surface area contributed by atoms with Crippen molar-refractivity contribution in [2.24, 2.45) is 0 Å². The van der Waals surface area contributed by atoms with Gasteiger partial charge >= 0.3 is 0 Å². The molecule has 6 heteroatoms. The molecule has 0 aliphatic carbocycles. The summed E-state index contributed by atoms with van der Waals surface area (Å²) >= 11 is 1.84. The molecule has 0 amide bonds. The number of hydrogen-bond donors (Lipinski definition) is 0. The topological polar surface area (TPSA) is 48.5 Å². The van der Waals surface area contributed by atoms with E-state index in [0.29, 0.717) is 17.6 Å². The van der Waals surface area contributed by atoms with E-state index in [0.717, 1.165) is 66.3 Å². The Kier molecular flexibility index (Phi) is 8.01. The fourth-order valence-electron chi connectivity index (χ4n) is 9.48. The molecular formula is C57H35N5S. The number of rotatable bonds is 6. The molecule has 0 N–H and O–H groups in total. The molecule has 0 saturated carbocycles. The van der Waals surface area contributed by atoms with E-state index < -0.39 is 0 Å². The largest absolute Gasteiger partial charge is 0.309 e. The van der Waals surface area contributed by atoms with Gasteiger partial charge in [0.1, 0.15) is 0 Å². The van der Waals surface area contributed by atoms with E-state index in [4.69, 9.17) is 15.0 Å². The van der Waals surface area contributed by atoms with Gasteiger partial charge in [-0.2, -0.15) is 9.97 Å². The van der Waals surface area contributed by atoms with Gasteiger partial charge in [-0.25, -0.2) is 4.98 Å². The standard InChI is InChI=1S/C57H35N5S/c1-2-14-37(15-3-1)41-32-31-40(34-52(41)61-48-21-9-4-16-42(48)43-17-5-10-22-49(43)61)56-58-55(59-57(60-56)62-50-23-11-6-18-44(50)45-19-7-12-24-51(45)62)38-28-26-36(27-29-38)39-30-33-47-46-20-8-13-25-53(46)63-54(47)35-39/h1-35H. The predicted octanol–water partition coefficient (Wildman–Crippen LogP) is 15.1. The Labute approximate surface area is 366 Å². The van der Waals surface area contributed by atoms with Gasteiger partial charge in [0.2, 0.25) is 5.95 Å². The fraction of sp³-hybridized carbons (Fsp3) is 0. The van der Waals surface area contributed by atoms with Crippen molar-refractivity contribution in [2.45, 2.75) is 0 Å². The lowest BCUT2D eigenvalue weighted by atomic mass is 10.0. The maximum absolute atomic E-state index is 5.37. The maximum Gasteiger partial charge on any atom is 0.238 e. The highest BCUT2D eigenvalue weighted by atomic mass is 32.1. The van der Waals surface area contributed by atoms with Crippen LogP contribution < -0.4 is 0 Å². The Morgan fingerprint density at radius 1 is 0.302 bits per heavy atom. The van der Waals surface area contributed by atoms with E-state index in [2.05, 4.69) is 221 Å². The first-order chi connectivity index (χ1) is 31.2. The molecule has 0 aliphatic heterocycles. The molecule has 0 bridgehead atoms. The van der Waals surface area contributed by atoms with Crippen LogP contribution in [0.1, 0.15) is 0 Å². The molecule has 0 atom stereocenters.